The molecule has 6 rings (SSSR count). The van der Waals surface area contributed by atoms with E-state index in [0.29, 0.717) is 6.42 Å². The van der Waals surface area contributed by atoms with Crippen LogP contribution >= 0.6 is 11.3 Å². The molecule has 5 heteroatoms. The molecule has 0 N–H and O–H groups in total. The molecule has 4 aromatic rings. The van der Waals surface area contributed by atoms with Crippen LogP contribution in [0.25, 0.3) is 33.1 Å². The van der Waals surface area contributed by atoms with Gasteiger partial charge in [-0.2, -0.15) is 0 Å². The summed E-state index contributed by atoms with van der Waals surface area (Å²) in [6, 6.07) is 14.6. The molecule has 31 heavy (non-hydrogen) atoms. The minimum Gasteiger partial charge on any atom is -0.455 e. The van der Waals surface area contributed by atoms with Gasteiger partial charge in [0.1, 0.15) is 16.2 Å². The van der Waals surface area contributed by atoms with E-state index in [1.807, 2.05) is 12.1 Å². The average Bonchev–Trinajstić information content (AvgIpc) is 3.32. The Morgan fingerprint density at radius 3 is 2.58 bits per heavy atom. The van der Waals surface area contributed by atoms with Gasteiger partial charge in [0.2, 0.25) is 0 Å². The van der Waals surface area contributed by atoms with Crippen LogP contribution in [0.3, 0.4) is 0 Å². The van der Waals surface area contributed by atoms with Gasteiger partial charge < -0.3 is 14.1 Å². The summed E-state index contributed by atoms with van der Waals surface area (Å²) in [5.41, 5.74) is 5.25. The maximum absolute atomic E-state index is 13.1. The molecule has 1 saturated heterocycles. The van der Waals surface area contributed by atoms with Crippen molar-refractivity contribution in [2.45, 2.75) is 26.7 Å². The standard InChI is InChI=1S/C26H25NO3S/c1-26(2)14-19-22(25(27-10-12-29-13-11-27)31-24(19)20(28)15-26)18-8-5-7-17-16-6-3-4-9-21(16)30-23(17)18/h3-9H,10-15H2,1-2H3. The second-order valence-corrected chi connectivity index (χ2v) is 10.4. The fraction of sp³-hybridized carbons (Fsp3) is 0.346. The van der Waals surface area contributed by atoms with Crippen molar-refractivity contribution in [3.05, 3.63) is 52.9 Å². The third kappa shape index (κ3) is 3.02. The molecule has 1 aliphatic carbocycles. The molecule has 2 aromatic heterocycles. The number of nitrogens with zero attached hydrogens (tertiary/aromatic N) is 1. The van der Waals surface area contributed by atoms with Gasteiger partial charge in [-0.05, 0) is 23.5 Å². The summed E-state index contributed by atoms with van der Waals surface area (Å²) in [4.78, 5) is 16.5. The molecule has 3 heterocycles. The fourth-order valence-corrected chi connectivity index (χ4v) is 6.44. The highest BCUT2D eigenvalue weighted by Crippen LogP contribution is 2.51. The number of morpholine rings is 1. The quantitative estimate of drug-likeness (QED) is 0.373. The van der Waals surface area contributed by atoms with Gasteiger partial charge in [-0.25, -0.2) is 0 Å². The van der Waals surface area contributed by atoms with E-state index in [9.17, 15) is 4.79 Å². The number of hydrogen-bond acceptors (Lipinski definition) is 5. The minimum atomic E-state index is -0.0377. The maximum atomic E-state index is 13.1. The molecule has 0 unspecified atom stereocenters. The summed E-state index contributed by atoms with van der Waals surface area (Å²) < 4.78 is 12.0. The van der Waals surface area contributed by atoms with Crippen molar-refractivity contribution in [3.63, 3.8) is 0 Å². The number of fused-ring (bicyclic) bond motifs is 4. The van der Waals surface area contributed by atoms with Crippen molar-refractivity contribution in [3.8, 4) is 11.1 Å². The van der Waals surface area contributed by atoms with Crippen LogP contribution in [0.15, 0.2) is 46.9 Å². The monoisotopic (exact) mass is 431 g/mol. The van der Waals surface area contributed by atoms with Crippen LogP contribution in [0.2, 0.25) is 0 Å². The molecule has 0 bridgehead atoms. The van der Waals surface area contributed by atoms with Crippen LogP contribution < -0.4 is 4.90 Å². The number of ether oxygens (including phenoxy) is 1. The average molecular weight is 432 g/mol. The Labute approximate surface area is 185 Å². The number of furan rings is 1. The minimum absolute atomic E-state index is 0.0377. The lowest BCUT2D eigenvalue weighted by Crippen LogP contribution is -2.36. The molecule has 1 fully saturated rings. The Kier molecular flexibility index (Phi) is 4.27. The van der Waals surface area contributed by atoms with Crippen LogP contribution in [-0.4, -0.2) is 32.1 Å². The first-order valence-electron chi connectivity index (χ1n) is 10.9. The molecule has 0 spiro atoms. The molecule has 0 radical (unpaired) electrons. The van der Waals surface area contributed by atoms with E-state index in [2.05, 4.69) is 49.1 Å². The van der Waals surface area contributed by atoms with Gasteiger partial charge in [-0.3, -0.25) is 4.79 Å². The van der Waals surface area contributed by atoms with Crippen molar-refractivity contribution >= 4 is 44.1 Å². The van der Waals surface area contributed by atoms with Crippen molar-refractivity contribution in [2.24, 2.45) is 5.41 Å². The normalized spacial score (nSPS) is 18.6. The molecule has 0 saturated carbocycles. The van der Waals surface area contributed by atoms with Gasteiger partial charge in [0.05, 0.1) is 18.1 Å². The summed E-state index contributed by atoms with van der Waals surface area (Å²) in [6.45, 7) is 7.53. The SMILES string of the molecule is CC1(C)CC(=O)c2sc(N3CCOCC3)c(-c3cccc4c3oc3ccccc34)c2C1. The Morgan fingerprint density at radius 1 is 0.968 bits per heavy atom. The van der Waals surface area contributed by atoms with Gasteiger partial charge in [0.25, 0.3) is 0 Å². The van der Waals surface area contributed by atoms with Crippen LogP contribution in [0.4, 0.5) is 5.00 Å². The zero-order valence-corrected chi connectivity index (χ0v) is 18.7. The number of carbonyl (C=O) groups excluding carboxylic acids is 1. The number of anilines is 1. The van der Waals surface area contributed by atoms with Crippen molar-refractivity contribution < 1.29 is 13.9 Å². The second-order valence-electron chi connectivity index (χ2n) is 9.41. The van der Waals surface area contributed by atoms with E-state index < -0.39 is 0 Å². The third-order valence-corrected chi connectivity index (χ3v) is 7.84. The number of hydrogen-bond donors (Lipinski definition) is 0. The van der Waals surface area contributed by atoms with E-state index in [4.69, 9.17) is 9.15 Å². The first-order valence-corrected chi connectivity index (χ1v) is 11.8. The highest BCUT2D eigenvalue weighted by molar-refractivity contribution is 7.19. The van der Waals surface area contributed by atoms with Gasteiger partial charge in [0.15, 0.2) is 5.78 Å². The molecular formula is C26H25NO3S. The van der Waals surface area contributed by atoms with Crippen LogP contribution in [-0.2, 0) is 11.2 Å². The van der Waals surface area contributed by atoms with Crippen molar-refractivity contribution in [1.29, 1.82) is 0 Å². The van der Waals surface area contributed by atoms with E-state index in [1.165, 1.54) is 16.1 Å². The Morgan fingerprint density at radius 2 is 1.74 bits per heavy atom. The number of para-hydroxylation sites is 2. The lowest BCUT2D eigenvalue weighted by atomic mass is 9.75. The third-order valence-electron chi connectivity index (χ3n) is 6.51. The van der Waals surface area contributed by atoms with Crippen molar-refractivity contribution in [2.75, 3.05) is 31.2 Å². The van der Waals surface area contributed by atoms with Gasteiger partial charge in [-0.15, -0.1) is 11.3 Å². The molecule has 0 atom stereocenters. The smallest absolute Gasteiger partial charge is 0.173 e. The highest BCUT2D eigenvalue weighted by atomic mass is 32.1. The number of benzene rings is 2. The van der Waals surface area contributed by atoms with Crippen LogP contribution in [0, 0.1) is 5.41 Å². The molecular weight excluding hydrogens is 406 g/mol. The Hall–Kier alpha value is -2.63. The number of ketones is 1. The molecule has 0 amide bonds. The first kappa shape index (κ1) is 19.1. The lowest BCUT2D eigenvalue weighted by Gasteiger charge is -2.30. The van der Waals surface area contributed by atoms with Gasteiger partial charge in [0, 0.05) is 41.4 Å². The topological polar surface area (TPSA) is 42.7 Å². The molecule has 2 aromatic carbocycles. The van der Waals surface area contributed by atoms with Gasteiger partial charge in [-0.1, -0.05) is 50.2 Å². The zero-order chi connectivity index (χ0) is 21.2. The molecule has 2 aliphatic rings. The lowest BCUT2D eigenvalue weighted by molar-refractivity contribution is 0.0918. The van der Waals surface area contributed by atoms with E-state index in [0.717, 1.165) is 65.1 Å². The second kappa shape index (κ2) is 6.94. The number of thiophene rings is 1. The summed E-state index contributed by atoms with van der Waals surface area (Å²) in [7, 11) is 0. The Bertz CT molecular complexity index is 1320. The molecule has 158 valence electrons. The Balaban J connectivity index is 1.65. The van der Waals surface area contributed by atoms with Gasteiger partial charge >= 0.3 is 0 Å². The molecule has 4 nitrogen and oxygen atoms in total. The summed E-state index contributed by atoms with van der Waals surface area (Å²) in [5.74, 6) is 0.272. The number of rotatable bonds is 2. The maximum Gasteiger partial charge on any atom is 0.173 e. The highest BCUT2D eigenvalue weighted by Gasteiger charge is 2.37. The van der Waals surface area contributed by atoms with E-state index >= 15 is 0 Å². The number of carbonyl (C=O) groups is 1. The predicted octanol–water partition coefficient (Wildman–Crippen LogP) is 6.31. The van der Waals surface area contributed by atoms with Crippen LogP contribution in [0.5, 0.6) is 0 Å². The van der Waals surface area contributed by atoms with Crippen molar-refractivity contribution in [1.82, 2.24) is 0 Å². The predicted molar refractivity (Wildman–Crippen MR) is 126 cm³/mol. The first-order chi connectivity index (χ1) is 15.0. The zero-order valence-electron chi connectivity index (χ0n) is 17.9. The van der Waals surface area contributed by atoms with Crippen LogP contribution in [0.1, 0.15) is 35.5 Å². The summed E-state index contributed by atoms with van der Waals surface area (Å²) in [6.07, 6.45) is 1.51. The summed E-state index contributed by atoms with van der Waals surface area (Å²) in [5, 5.41) is 3.45. The number of Topliss-reactive ketones (excluding diaryl/α,β-unsaturated/α-hetero) is 1. The summed E-state index contributed by atoms with van der Waals surface area (Å²) >= 11 is 1.67. The largest absolute Gasteiger partial charge is 0.455 e. The molecule has 1 aliphatic heterocycles. The fourth-order valence-electron chi connectivity index (χ4n) is 5.11. The van der Waals surface area contributed by atoms with E-state index in [1.54, 1.807) is 11.3 Å². The van der Waals surface area contributed by atoms with E-state index in [-0.39, 0.29) is 11.2 Å².